The molecule has 2 rings (SSSR count). The third-order valence-electron chi connectivity index (χ3n) is 5.65. The molecular weight excluding hydrogens is 489 g/mol. The number of hydrogen-bond donors (Lipinski definition) is 2. The van der Waals surface area contributed by atoms with Crippen LogP contribution in [0.2, 0.25) is 0 Å². The van der Waals surface area contributed by atoms with Crippen LogP contribution in [0.15, 0.2) is 4.99 Å². The van der Waals surface area contributed by atoms with Crippen LogP contribution in [0, 0.1) is 5.92 Å². The Bertz CT molecular complexity index is 557. The third-order valence-corrected chi connectivity index (χ3v) is 6.95. The molecule has 0 aromatic rings. The summed E-state index contributed by atoms with van der Waals surface area (Å²) in [5.74, 6) is 1.38. The monoisotopic (exact) mass is 529 g/mol. The summed E-state index contributed by atoms with van der Waals surface area (Å²) in [4.78, 5) is 7.37. The summed E-state index contributed by atoms with van der Waals surface area (Å²) in [6.45, 7) is 10.8. The minimum absolute atomic E-state index is 0. The highest BCUT2D eigenvalue weighted by atomic mass is 127. The molecule has 2 heterocycles. The van der Waals surface area contributed by atoms with Crippen LogP contribution in [0.5, 0.6) is 0 Å². The lowest BCUT2D eigenvalue weighted by molar-refractivity contribution is 0.203. The first-order valence-electron chi connectivity index (χ1n) is 10.6. The molecule has 28 heavy (non-hydrogen) atoms. The van der Waals surface area contributed by atoms with Gasteiger partial charge < -0.3 is 15.5 Å². The molecule has 2 aliphatic heterocycles. The zero-order valence-electron chi connectivity index (χ0n) is 17.8. The molecule has 9 heteroatoms. The molecule has 0 bridgehead atoms. The number of nitrogens with zero attached hydrogens (tertiary/aromatic N) is 3. The van der Waals surface area contributed by atoms with E-state index in [1.807, 2.05) is 0 Å². The van der Waals surface area contributed by atoms with Crippen LogP contribution in [0.3, 0.4) is 0 Å². The molecule has 166 valence electrons. The van der Waals surface area contributed by atoms with Gasteiger partial charge in [-0.1, -0.05) is 13.3 Å². The predicted molar refractivity (Wildman–Crippen MR) is 128 cm³/mol. The van der Waals surface area contributed by atoms with E-state index in [-0.39, 0.29) is 24.0 Å². The Labute approximate surface area is 189 Å². The highest BCUT2D eigenvalue weighted by Gasteiger charge is 2.25. The van der Waals surface area contributed by atoms with Gasteiger partial charge in [0, 0.05) is 45.3 Å². The highest BCUT2D eigenvalue weighted by molar-refractivity contribution is 14.0. The minimum Gasteiger partial charge on any atom is -0.357 e. The molecule has 7 nitrogen and oxygen atoms in total. The first kappa shape index (κ1) is 25.9. The van der Waals surface area contributed by atoms with Crippen molar-refractivity contribution in [2.45, 2.75) is 58.4 Å². The number of nitrogens with one attached hydrogen (secondary N) is 2. The third kappa shape index (κ3) is 9.13. The second kappa shape index (κ2) is 13.2. The van der Waals surface area contributed by atoms with Crippen molar-refractivity contribution in [1.82, 2.24) is 19.8 Å². The molecule has 0 saturated carbocycles. The molecule has 0 aromatic carbocycles. The topological polar surface area (TPSA) is 77.0 Å². The lowest BCUT2D eigenvalue weighted by atomic mass is 9.98. The Hall–Kier alpha value is -0.130. The van der Waals surface area contributed by atoms with E-state index in [1.165, 1.54) is 51.6 Å². The average molecular weight is 530 g/mol. The van der Waals surface area contributed by atoms with E-state index >= 15 is 0 Å². The molecule has 0 amide bonds. The Morgan fingerprint density at radius 2 is 1.71 bits per heavy atom. The van der Waals surface area contributed by atoms with E-state index in [9.17, 15) is 8.42 Å². The van der Waals surface area contributed by atoms with Gasteiger partial charge in [-0.3, -0.25) is 4.99 Å². The van der Waals surface area contributed by atoms with Gasteiger partial charge in [0.15, 0.2) is 5.96 Å². The number of unbranched alkanes of at least 4 members (excludes halogenated alkanes) is 1. The number of guanidine groups is 1. The summed E-state index contributed by atoms with van der Waals surface area (Å²) >= 11 is 0. The molecule has 2 aliphatic rings. The van der Waals surface area contributed by atoms with Gasteiger partial charge in [0.1, 0.15) is 0 Å². The van der Waals surface area contributed by atoms with Crippen molar-refractivity contribution in [3.8, 4) is 0 Å². The van der Waals surface area contributed by atoms with Crippen molar-refractivity contribution in [2.24, 2.45) is 10.9 Å². The normalized spacial score (nSPS) is 21.3. The van der Waals surface area contributed by atoms with Crippen molar-refractivity contribution in [3.63, 3.8) is 0 Å². The fourth-order valence-electron chi connectivity index (χ4n) is 3.84. The zero-order valence-corrected chi connectivity index (χ0v) is 21.0. The van der Waals surface area contributed by atoms with Gasteiger partial charge in [-0.15, -0.1) is 24.0 Å². The molecular formula is C19H40IN5O2S. The van der Waals surface area contributed by atoms with E-state index in [0.717, 1.165) is 31.9 Å². The predicted octanol–water partition coefficient (Wildman–Crippen LogP) is 2.10. The largest absolute Gasteiger partial charge is 0.357 e. The maximum absolute atomic E-state index is 11.6. The van der Waals surface area contributed by atoms with Crippen molar-refractivity contribution in [3.05, 3.63) is 0 Å². The zero-order chi connectivity index (χ0) is 19.7. The Morgan fingerprint density at radius 1 is 1.07 bits per heavy atom. The summed E-state index contributed by atoms with van der Waals surface area (Å²) in [6.07, 6.45) is 7.98. The maximum Gasteiger partial charge on any atom is 0.211 e. The number of aliphatic imine (C=N–C) groups is 1. The van der Waals surface area contributed by atoms with Gasteiger partial charge >= 0.3 is 0 Å². The summed E-state index contributed by atoms with van der Waals surface area (Å²) in [6, 6.07) is 0.493. The van der Waals surface area contributed by atoms with Gasteiger partial charge in [0.25, 0.3) is 0 Å². The van der Waals surface area contributed by atoms with Crippen molar-refractivity contribution in [2.75, 3.05) is 52.1 Å². The van der Waals surface area contributed by atoms with E-state index in [1.54, 1.807) is 4.31 Å². The number of likely N-dealkylation sites (tertiary alicyclic amines) is 1. The Kier molecular flexibility index (Phi) is 12.2. The number of hydrogen-bond acceptors (Lipinski definition) is 4. The van der Waals surface area contributed by atoms with E-state index in [2.05, 4.69) is 29.4 Å². The van der Waals surface area contributed by atoms with E-state index in [0.29, 0.717) is 25.0 Å². The molecule has 0 aromatic heterocycles. The van der Waals surface area contributed by atoms with Crippen LogP contribution in [-0.2, 0) is 10.0 Å². The quantitative estimate of drug-likeness (QED) is 0.286. The summed E-state index contributed by atoms with van der Waals surface area (Å²) in [5.41, 5.74) is 0. The number of piperidine rings is 2. The summed E-state index contributed by atoms with van der Waals surface area (Å²) in [7, 11) is -3.05. The lowest BCUT2D eigenvalue weighted by Crippen LogP contribution is -2.49. The minimum atomic E-state index is -3.05. The fraction of sp³-hybridized carbons (Fsp3) is 0.947. The molecule has 0 unspecified atom stereocenters. The van der Waals surface area contributed by atoms with Crippen LogP contribution < -0.4 is 10.6 Å². The van der Waals surface area contributed by atoms with Crippen molar-refractivity contribution < 1.29 is 8.42 Å². The number of rotatable bonds is 8. The number of sulfonamides is 1. The highest BCUT2D eigenvalue weighted by Crippen LogP contribution is 2.19. The SMILES string of the molecule is CCCCN1CCC(NC(=NCC2CCN(S(C)(=O)=O)CC2)NCC)CC1.I. The van der Waals surface area contributed by atoms with Gasteiger partial charge in [-0.25, -0.2) is 12.7 Å². The molecule has 2 fully saturated rings. The van der Waals surface area contributed by atoms with Gasteiger partial charge in [-0.05, 0) is 51.5 Å². The first-order chi connectivity index (χ1) is 12.9. The molecule has 2 saturated heterocycles. The second-order valence-corrected chi connectivity index (χ2v) is 9.92. The average Bonchev–Trinajstić information content (AvgIpc) is 2.65. The van der Waals surface area contributed by atoms with Crippen LogP contribution in [0.4, 0.5) is 0 Å². The van der Waals surface area contributed by atoms with Crippen molar-refractivity contribution >= 4 is 40.0 Å². The van der Waals surface area contributed by atoms with Crippen LogP contribution >= 0.6 is 24.0 Å². The van der Waals surface area contributed by atoms with E-state index < -0.39 is 10.0 Å². The Morgan fingerprint density at radius 3 is 2.25 bits per heavy atom. The van der Waals surface area contributed by atoms with E-state index in [4.69, 9.17) is 4.99 Å². The molecule has 0 atom stereocenters. The molecule has 0 radical (unpaired) electrons. The summed E-state index contributed by atoms with van der Waals surface area (Å²) < 4.78 is 24.8. The van der Waals surface area contributed by atoms with Crippen molar-refractivity contribution in [1.29, 1.82) is 0 Å². The van der Waals surface area contributed by atoms with Gasteiger partial charge in [-0.2, -0.15) is 0 Å². The van der Waals surface area contributed by atoms with Crippen LogP contribution in [-0.4, -0.2) is 81.7 Å². The second-order valence-electron chi connectivity index (χ2n) is 7.94. The molecule has 2 N–H and O–H groups in total. The maximum atomic E-state index is 11.6. The number of halogens is 1. The lowest BCUT2D eigenvalue weighted by Gasteiger charge is -2.33. The summed E-state index contributed by atoms with van der Waals surface area (Å²) in [5, 5.41) is 6.98. The van der Waals surface area contributed by atoms with Gasteiger partial charge in [0.2, 0.25) is 10.0 Å². The Balaban J connectivity index is 0.00000392. The van der Waals surface area contributed by atoms with Crippen LogP contribution in [0.25, 0.3) is 0 Å². The smallest absolute Gasteiger partial charge is 0.211 e. The van der Waals surface area contributed by atoms with Crippen LogP contribution in [0.1, 0.15) is 52.4 Å². The molecule has 0 spiro atoms. The first-order valence-corrected chi connectivity index (χ1v) is 12.5. The van der Waals surface area contributed by atoms with Gasteiger partial charge in [0.05, 0.1) is 6.26 Å². The fourth-order valence-corrected chi connectivity index (χ4v) is 4.71. The molecule has 0 aliphatic carbocycles. The standard InChI is InChI=1S/C19H39N5O2S.HI/c1-4-6-11-23-12-9-18(10-13-23)22-19(20-5-2)21-16-17-7-14-24(15-8-17)27(3,25)26;/h17-18H,4-16H2,1-3H3,(H2,20,21,22);1H.